The predicted molar refractivity (Wildman–Crippen MR) is 80.8 cm³/mol. The molecule has 0 unspecified atom stereocenters. The summed E-state index contributed by atoms with van der Waals surface area (Å²) < 4.78 is 38.4. The Kier molecular flexibility index (Phi) is 4.85. The summed E-state index contributed by atoms with van der Waals surface area (Å²) in [5, 5.41) is 14.4. The molecule has 0 saturated heterocycles. The van der Waals surface area contributed by atoms with E-state index in [-0.39, 0.29) is 16.4 Å². The van der Waals surface area contributed by atoms with Crippen LogP contribution in [0.2, 0.25) is 5.02 Å². The lowest BCUT2D eigenvalue weighted by atomic mass is 10.2. The maximum absolute atomic E-state index is 12.8. The van der Waals surface area contributed by atoms with Gasteiger partial charge in [-0.15, -0.1) is 0 Å². The van der Waals surface area contributed by atoms with Crippen LogP contribution < -0.4 is 5.43 Å². The summed E-state index contributed by atoms with van der Waals surface area (Å²) in [4.78, 5) is 10.1. The van der Waals surface area contributed by atoms with Gasteiger partial charge in [0, 0.05) is 11.6 Å². The topological polar surface area (TPSA) is 67.5 Å². The maximum Gasteiger partial charge on any atom is 0.418 e. The average molecular weight is 344 g/mol. The second kappa shape index (κ2) is 6.66. The minimum Gasteiger partial charge on any atom is -0.278 e. The van der Waals surface area contributed by atoms with E-state index in [2.05, 4.69) is 10.5 Å². The van der Waals surface area contributed by atoms with Crippen LogP contribution in [-0.2, 0) is 6.18 Å². The number of nitro benzene ring substituents is 1. The van der Waals surface area contributed by atoms with Crippen molar-refractivity contribution >= 4 is 29.2 Å². The number of para-hydroxylation sites is 1. The molecule has 120 valence electrons. The molecule has 0 heterocycles. The van der Waals surface area contributed by atoms with Gasteiger partial charge in [0.2, 0.25) is 0 Å². The van der Waals surface area contributed by atoms with Crippen LogP contribution in [0.5, 0.6) is 0 Å². The second-order valence-electron chi connectivity index (χ2n) is 4.38. The third-order valence-corrected chi connectivity index (χ3v) is 3.12. The first kappa shape index (κ1) is 16.8. The largest absolute Gasteiger partial charge is 0.418 e. The molecule has 0 amide bonds. The molecule has 0 saturated carbocycles. The first-order valence-electron chi connectivity index (χ1n) is 6.18. The van der Waals surface area contributed by atoms with Crippen LogP contribution in [-0.4, -0.2) is 11.1 Å². The van der Waals surface area contributed by atoms with Crippen molar-refractivity contribution in [3.8, 4) is 0 Å². The van der Waals surface area contributed by atoms with Crippen molar-refractivity contribution in [3.05, 3.63) is 68.7 Å². The van der Waals surface area contributed by atoms with Gasteiger partial charge in [0.1, 0.15) is 5.02 Å². The molecule has 9 heteroatoms. The van der Waals surface area contributed by atoms with E-state index in [1.54, 1.807) is 0 Å². The van der Waals surface area contributed by atoms with Gasteiger partial charge in [-0.2, -0.15) is 18.3 Å². The van der Waals surface area contributed by atoms with Gasteiger partial charge >= 0.3 is 6.18 Å². The van der Waals surface area contributed by atoms with E-state index in [9.17, 15) is 23.3 Å². The predicted octanol–water partition coefficient (Wildman–Crippen LogP) is 4.71. The van der Waals surface area contributed by atoms with E-state index < -0.39 is 16.7 Å². The minimum absolute atomic E-state index is 0.0393. The van der Waals surface area contributed by atoms with Crippen LogP contribution in [0.3, 0.4) is 0 Å². The van der Waals surface area contributed by atoms with Crippen LogP contribution >= 0.6 is 11.6 Å². The van der Waals surface area contributed by atoms with E-state index in [0.717, 1.165) is 12.3 Å². The molecule has 2 aromatic carbocycles. The molecule has 2 aromatic rings. The zero-order valence-electron chi connectivity index (χ0n) is 11.3. The number of benzene rings is 2. The molecule has 2 rings (SSSR count). The summed E-state index contributed by atoms with van der Waals surface area (Å²) in [5.74, 6) is 0. The van der Waals surface area contributed by atoms with Gasteiger partial charge < -0.3 is 0 Å². The van der Waals surface area contributed by atoms with Crippen LogP contribution in [0.1, 0.15) is 11.1 Å². The Morgan fingerprint density at radius 2 is 1.91 bits per heavy atom. The van der Waals surface area contributed by atoms with Gasteiger partial charge in [-0.3, -0.25) is 15.5 Å². The quantitative estimate of drug-likeness (QED) is 0.496. The summed E-state index contributed by atoms with van der Waals surface area (Å²) in [6, 6.07) is 8.78. The number of nitrogens with one attached hydrogen (secondary N) is 1. The highest BCUT2D eigenvalue weighted by Crippen LogP contribution is 2.34. The van der Waals surface area contributed by atoms with Gasteiger partial charge in [-0.05, 0) is 18.2 Å². The van der Waals surface area contributed by atoms with Crippen molar-refractivity contribution in [2.24, 2.45) is 5.10 Å². The third kappa shape index (κ3) is 4.19. The van der Waals surface area contributed by atoms with Crippen molar-refractivity contribution in [1.29, 1.82) is 0 Å². The second-order valence-corrected chi connectivity index (χ2v) is 4.79. The molecule has 0 radical (unpaired) electrons. The maximum atomic E-state index is 12.8. The van der Waals surface area contributed by atoms with Gasteiger partial charge in [0.15, 0.2) is 0 Å². The van der Waals surface area contributed by atoms with Crippen LogP contribution in [0, 0.1) is 10.1 Å². The van der Waals surface area contributed by atoms with Crippen molar-refractivity contribution in [2.45, 2.75) is 6.18 Å². The van der Waals surface area contributed by atoms with Gasteiger partial charge in [-0.1, -0.05) is 29.8 Å². The van der Waals surface area contributed by atoms with E-state index in [4.69, 9.17) is 11.6 Å². The van der Waals surface area contributed by atoms with Crippen molar-refractivity contribution in [2.75, 3.05) is 5.43 Å². The number of anilines is 1. The molecule has 0 bridgehead atoms. The van der Waals surface area contributed by atoms with Crippen LogP contribution in [0.4, 0.5) is 24.5 Å². The van der Waals surface area contributed by atoms with Crippen LogP contribution in [0.15, 0.2) is 47.6 Å². The number of halogens is 4. The summed E-state index contributed by atoms with van der Waals surface area (Å²) >= 11 is 5.67. The monoisotopic (exact) mass is 343 g/mol. The highest BCUT2D eigenvalue weighted by molar-refractivity contribution is 6.32. The highest BCUT2D eigenvalue weighted by Gasteiger charge is 2.33. The molecule has 0 atom stereocenters. The first-order chi connectivity index (χ1) is 10.8. The molecule has 0 aliphatic rings. The lowest BCUT2D eigenvalue weighted by Crippen LogP contribution is -2.08. The number of hydrogen-bond donors (Lipinski definition) is 1. The number of nitrogens with zero attached hydrogens (tertiary/aromatic N) is 2. The van der Waals surface area contributed by atoms with Gasteiger partial charge in [0.25, 0.3) is 5.69 Å². The molecule has 0 fully saturated rings. The van der Waals surface area contributed by atoms with E-state index in [1.807, 2.05) is 0 Å². The first-order valence-corrected chi connectivity index (χ1v) is 6.56. The van der Waals surface area contributed by atoms with E-state index in [0.29, 0.717) is 5.56 Å². The van der Waals surface area contributed by atoms with Crippen molar-refractivity contribution in [3.63, 3.8) is 0 Å². The zero-order chi connectivity index (χ0) is 17.0. The smallest absolute Gasteiger partial charge is 0.278 e. The average Bonchev–Trinajstić information content (AvgIpc) is 2.48. The van der Waals surface area contributed by atoms with Crippen molar-refractivity contribution in [1.82, 2.24) is 0 Å². The number of rotatable bonds is 4. The molecular weight excluding hydrogens is 335 g/mol. The number of hydrogen-bond acceptors (Lipinski definition) is 4. The Morgan fingerprint density at radius 1 is 1.22 bits per heavy atom. The number of nitro groups is 1. The Morgan fingerprint density at radius 3 is 2.57 bits per heavy atom. The standard InChI is InChI=1S/C14H9ClF3N3O2/c15-11-6-5-9(7-13(11)21(22)23)8-19-20-12-4-2-1-3-10(12)14(16,17)18/h1-8,20H/b19-8+. The minimum atomic E-state index is -4.52. The number of hydrazone groups is 1. The molecule has 5 nitrogen and oxygen atoms in total. The molecular formula is C14H9ClF3N3O2. The SMILES string of the molecule is O=[N+]([O-])c1cc(/C=N/Nc2ccccc2C(F)(F)F)ccc1Cl. The zero-order valence-corrected chi connectivity index (χ0v) is 12.1. The van der Waals surface area contributed by atoms with E-state index in [1.165, 1.54) is 36.4 Å². The Balaban J connectivity index is 2.21. The molecule has 0 aliphatic heterocycles. The van der Waals surface area contributed by atoms with Crippen LogP contribution in [0.25, 0.3) is 0 Å². The highest BCUT2D eigenvalue weighted by atomic mass is 35.5. The molecule has 23 heavy (non-hydrogen) atoms. The van der Waals surface area contributed by atoms with E-state index >= 15 is 0 Å². The Hall–Kier alpha value is -2.61. The summed E-state index contributed by atoms with van der Waals surface area (Å²) in [6.45, 7) is 0. The fourth-order valence-corrected chi connectivity index (χ4v) is 1.94. The van der Waals surface area contributed by atoms with Gasteiger partial charge in [0.05, 0.1) is 22.4 Å². The molecule has 1 N–H and O–H groups in total. The Labute approximate surface area is 133 Å². The van der Waals surface area contributed by atoms with Crippen molar-refractivity contribution < 1.29 is 18.1 Å². The Bertz CT molecular complexity index is 763. The summed E-state index contributed by atoms with van der Waals surface area (Å²) in [5.41, 5.74) is 1.20. The lowest BCUT2D eigenvalue weighted by molar-refractivity contribution is -0.384. The lowest BCUT2D eigenvalue weighted by Gasteiger charge is -2.11. The normalized spacial score (nSPS) is 11.7. The molecule has 0 spiro atoms. The van der Waals surface area contributed by atoms with Gasteiger partial charge in [-0.25, -0.2) is 0 Å². The number of alkyl halides is 3. The molecule has 0 aromatic heterocycles. The third-order valence-electron chi connectivity index (χ3n) is 2.80. The summed E-state index contributed by atoms with van der Waals surface area (Å²) in [6.07, 6.45) is -3.35. The fraction of sp³-hybridized carbons (Fsp3) is 0.0714. The summed E-state index contributed by atoms with van der Waals surface area (Å²) in [7, 11) is 0. The molecule has 0 aliphatic carbocycles. The fourth-order valence-electron chi connectivity index (χ4n) is 1.75.